The molecule has 3 fully saturated rings. The summed E-state index contributed by atoms with van der Waals surface area (Å²) in [5.41, 5.74) is -0.180. The second-order valence-corrected chi connectivity index (χ2v) is 14.6. The summed E-state index contributed by atoms with van der Waals surface area (Å²) in [7, 11) is 1.54. The fourth-order valence-electron chi connectivity index (χ4n) is 7.99. The molecular formula is C34H49F2N3O6. The molecule has 2 heterocycles. The number of carbonyl (C=O) groups is 2. The van der Waals surface area contributed by atoms with Gasteiger partial charge in [-0.2, -0.15) is 0 Å². The number of hydrogen-bond acceptors (Lipinski definition) is 6. The number of methoxy groups -OCH3 is 1. The molecule has 2 aliphatic heterocycles. The lowest BCUT2D eigenvalue weighted by molar-refractivity contribution is -0.138. The molecule has 9 nitrogen and oxygen atoms in total. The molecule has 2 amide bonds. The number of nitrogens with zero attached hydrogens (tertiary/aromatic N) is 1. The molecule has 6 atom stereocenters. The summed E-state index contributed by atoms with van der Waals surface area (Å²) in [6.45, 7) is 7.00. The Morgan fingerprint density at radius 2 is 1.91 bits per heavy atom. The summed E-state index contributed by atoms with van der Waals surface area (Å²) in [4.78, 5) is 27.0. The first-order valence-electron chi connectivity index (χ1n) is 16.3. The van der Waals surface area contributed by atoms with E-state index in [1.54, 1.807) is 52.2 Å². The van der Waals surface area contributed by atoms with Crippen LogP contribution in [0.5, 0.6) is 5.75 Å². The molecule has 0 bridgehead atoms. The third-order valence-electron chi connectivity index (χ3n) is 10.7. The van der Waals surface area contributed by atoms with Crippen molar-refractivity contribution < 1.29 is 38.1 Å². The minimum absolute atomic E-state index is 0.0462. The summed E-state index contributed by atoms with van der Waals surface area (Å²) >= 11 is 0. The van der Waals surface area contributed by atoms with Crippen LogP contribution in [0.15, 0.2) is 24.0 Å². The predicted octanol–water partition coefficient (Wildman–Crippen LogP) is 6.12. The first kappa shape index (κ1) is 33.3. The Balaban J connectivity index is 1.44. The standard InChI is InChI=1S/C34H49F2N3O6/c1-20-17-33(20)26(19-40)39(30(41)29(32(2,3)4)38-31(42)43)18-27(33)45-25-16-22-15-23(44-5)12-13-24(22)37-28(25)34(35,36)14-8-11-21-9-6-7-10-21/h12-13,15-16,20-21,26-29,37-38,40H,6-11,14,17-19H2,1-5H3,(H,42,43)/t20-,26-,27+,28?,29-,33-/m1/s1. The third-order valence-corrected chi connectivity index (χ3v) is 10.7. The van der Waals surface area contributed by atoms with Crippen molar-refractivity contribution in [3.8, 4) is 5.75 Å². The number of rotatable bonds is 11. The van der Waals surface area contributed by atoms with Crippen LogP contribution in [0.1, 0.15) is 84.6 Å². The maximum Gasteiger partial charge on any atom is 0.405 e. The summed E-state index contributed by atoms with van der Waals surface area (Å²) in [6, 6.07) is 2.10. The van der Waals surface area contributed by atoms with Crippen LogP contribution in [0.25, 0.3) is 6.08 Å². The zero-order valence-electron chi connectivity index (χ0n) is 27.1. The molecule has 5 rings (SSSR count). The highest BCUT2D eigenvalue weighted by molar-refractivity contribution is 5.87. The molecule has 0 radical (unpaired) electrons. The molecule has 4 aliphatic rings. The van der Waals surface area contributed by atoms with Crippen LogP contribution in [0.3, 0.4) is 0 Å². The van der Waals surface area contributed by atoms with Crippen LogP contribution in [-0.2, 0) is 9.53 Å². The van der Waals surface area contributed by atoms with E-state index < -0.39 is 53.0 Å². The Hall–Kier alpha value is -3.08. The fourth-order valence-corrected chi connectivity index (χ4v) is 7.99. The van der Waals surface area contributed by atoms with Gasteiger partial charge in [-0.1, -0.05) is 59.8 Å². The van der Waals surface area contributed by atoms with Crippen LogP contribution in [0, 0.1) is 22.7 Å². The molecule has 1 unspecified atom stereocenters. The van der Waals surface area contributed by atoms with Gasteiger partial charge in [-0.25, -0.2) is 13.6 Å². The van der Waals surface area contributed by atoms with Gasteiger partial charge in [0.1, 0.15) is 29.7 Å². The van der Waals surface area contributed by atoms with Gasteiger partial charge in [0.15, 0.2) is 0 Å². The number of ether oxygens (including phenoxy) is 2. The lowest BCUT2D eigenvalue weighted by Crippen LogP contribution is -2.56. The number of halogens is 2. The van der Waals surface area contributed by atoms with Gasteiger partial charge in [0.25, 0.3) is 5.92 Å². The lowest BCUT2D eigenvalue weighted by atomic mass is 9.85. The molecule has 1 aromatic rings. The van der Waals surface area contributed by atoms with Crippen LogP contribution < -0.4 is 15.4 Å². The maximum absolute atomic E-state index is 16.2. The topological polar surface area (TPSA) is 120 Å². The smallest absolute Gasteiger partial charge is 0.405 e. The van der Waals surface area contributed by atoms with Crippen molar-refractivity contribution in [3.63, 3.8) is 0 Å². The van der Waals surface area contributed by atoms with E-state index >= 15 is 8.78 Å². The zero-order chi connectivity index (χ0) is 32.7. The number of amides is 2. The van der Waals surface area contributed by atoms with Crippen molar-refractivity contribution in [1.29, 1.82) is 0 Å². The molecular weight excluding hydrogens is 584 g/mol. The van der Waals surface area contributed by atoms with Gasteiger partial charge in [-0.15, -0.1) is 0 Å². The molecule has 2 aliphatic carbocycles. The molecule has 45 heavy (non-hydrogen) atoms. The second kappa shape index (κ2) is 12.6. The summed E-state index contributed by atoms with van der Waals surface area (Å²) < 4.78 is 44.3. The Morgan fingerprint density at radius 3 is 2.49 bits per heavy atom. The van der Waals surface area contributed by atoms with E-state index in [0.29, 0.717) is 35.8 Å². The first-order chi connectivity index (χ1) is 21.2. The Bertz CT molecular complexity index is 1290. The lowest BCUT2D eigenvalue weighted by Gasteiger charge is -2.36. The van der Waals surface area contributed by atoms with Crippen molar-refractivity contribution in [2.45, 2.75) is 109 Å². The van der Waals surface area contributed by atoms with Gasteiger partial charge in [0, 0.05) is 23.1 Å². The van der Waals surface area contributed by atoms with Gasteiger partial charge in [0.05, 0.1) is 26.3 Å². The summed E-state index contributed by atoms with van der Waals surface area (Å²) in [5, 5.41) is 25.5. The quantitative estimate of drug-likeness (QED) is 0.232. The largest absolute Gasteiger partial charge is 0.497 e. The number of likely N-dealkylation sites (tertiary alicyclic amines) is 1. The van der Waals surface area contributed by atoms with E-state index in [1.807, 2.05) is 6.92 Å². The SMILES string of the molecule is COc1ccc2c(c1)C=C(O[C@H]1CN(C(=O)[C@@H](NC(=O)O)C(C)(C)C)[C@H](CO)[C@]13C[C@H]3C)C(C(F)(F)CCCC1CCCC1)N2. The van der Waals surface area contributed by atoms with Crippen molar-refractivity contribution in [2.24, 2.45) is 22.7 Å². The number of fused-ring (bicyclic) bond motifs is 1. The Kier molecular flexibility index (Phi) is 9.33. The number of anilines is 1. The third kappa shape index (κ3) is 6.60. The number of aliphatic hydroxyl groups is 1. The average molecular weight is 634 g/mol. The first-order valence-corrected chi connectivity index (χ1v) is 16.3. The number of hydrogen-bond donors (Lipinski definition) is 4. The highest BCUT2D eigenvalue weighted by atomic mass is 19.3. The van der Waals surface area contributed by atoms with Gasteiger partial charge < -0.3 is 35.2 Å². The molecule has 1 spiro atoms. The normalized spacial score (nSPS) is 28.7. The van der Waals surface area contributed by atoms with Crippen LogP contribution in [0.2, 0.25) is 0 Å². The van der Waals surface area contributed by atoms with Crippen molar-refractivity contribution in [3.05, 3.63) is 29.5 Å². The molecule has 1 saturated heterocycles. The summed E-state index contributed by atoms with van der Waals surface area (Å²) in [6.07, 6.45) is 5.78. The van der Waals surface area contributed by atoms with Gasteiger partial charge in [0.2, 0.25) is 5.91 Å². The fraction of sp³-hybridized carbons (Fsp3) is 0.706. The number of alkyl halides is 2. The number of nitrogens with one attached hydrogen (secondary N) is 2. The van der Waals surface area contributed by atoms with Crippen molar-refractivity contribution in [1.82, 2.24) is 10.2 Å². The van der Waals surface area contributed by atoms with E-state index in [9.17, 15) is 19.8 Å². The summed E-state index contributed by atoms with van der Waals surface area (Å²) in [5.74, 6) is -2.33. The van der Waals surface area contributed by atoms with E-state index in [0.717, 1.165) is 19.3 Å². The van der Waals surface area contributed by atoms with E-state index in [-0.39, 0.29) is 31.2 Å². The number of benzene rings is 1. The Labute approximate surface area is 264 Å². The van der Waals surface area contributed by atoms with E-state index in [1.165, 1.54) is 17.7 Å². The van der Waals surface area contributed by atoms with E-state index in [4.69, 9.17) is 9.47 Å². The van der Waals surface area contributed by atoms with Gasteiger partial charge >= 0.3 is 6.09 Å². The molecule has 4 N–H and O–H groups in total. The van der Waals surface area contributed by atoms with Crippen molar-refractivity contribution >= 4 is 23.8 Å². The minimum Gasteiger partial charge on any atom is -0.497 e. The van der Waals surface area contributed by atoms with Crippen LogP contribution >= 0.6 is 0 Å². The average Bonchev–Trinajstić information content (AvgIpc) is 3.28. The Morgan fingerprint density at radius 1 is 1.22 bits per heavy atom. The minimum atomic E-state index is -3.11. The maximum atomic E-state index is 16.2. The molecule has 250 valence electrons. The number of aliphatic hydroxyl groups excluding tert-OH is 1. The second-order valence-electron chi connectivity index (χ2n) is 14.6. The zero-order valence-corrected chi connectivity index (χ0v) is 27.1. The molecule has 1 aromatic carbocycles. The highest BCUT2D eigenvalue weighted by Gasteiger charge is 2.69. The van der Waals surface area contributed by atoms with Crippen LogP contribution in [-0.4, -0.2) is 77.5 Å². The van der Waals surface area contributed by atoms with Gasteiger partial charge in [-0.3, -0.25) is 4.79 Å². The van der Waals surface area contributed by atoms with Crippen LogP contribution in [0.4, 0.5) is 19.3 Å². The molecule has 2 saturated carbocycles. The van der Waals surface area contributed by atoms with Gasteiger partial charge in [-0.05, 0) is 54.4 Å². The predicted molar refractivity (Wildman–Crippen MR) is 167 cm³/mol. The van der Waals surface area contributed by atoms with E-state index in [2.05, 4.69) is 10.6 Å². The molecule has 0 aromatic heterocycles. The number of carbonyl (C=O) groups excluding carboxylic acids is 1. The monoisotopic (exact) mass is 633 g/mol. The van der Waals surface area contributed by atoms with Crippen molar-refractivity contribution in [2.75, 3.05) is 25.6 Å². The highest BCUT2D eigenvalue weighted by Crippen LogP contribution is 2.63. The molecule has 11 heteroatoms. The number of carboxylic acid groups (broad SMARTS) is 1.